The molecule has 2 fully saturated rings. The normalized spacial score (nSPS) is 24.4. The van der Waals surface area contributed by atoms with Gasteiger partial charge < -0.3 is 51.9 Å². The third kappa shape index (κ3) is 16.3. The number of esters is 1. The summed E-state index contributed by atoms with van der Waals surface area (Å²) in [6, 6.07) is 59.3. The van der Waals surface area contributed by atoms with E-state index < -0.39 is 73.6 Å². The van der Waals surface area contributed by atoms with E-state index in [9.17, 15) is 4.79 Å². The highest BCUT2D eigenvalue weighted by Crippen LogP contribution is 2.45. The number of ether oxygens (including phenoxy) is 10. The Morgan fingerprint density at radius 3 is 1.12 bits per heavy atom. The predicted octanol–water partition coefficient (Wildman–Crippen LogP) is 10.2. The van der Waals surface area contributed by atoms with Gasteiger partial charge in [-0.3, -0.25) is 4.79 Å². The van der Waals surface area contributed by atoms with Gasteiger partial charge in [-0.05, 0) is 46.7 Å². The van der Waals surface area contributed by atoms with Gasteiger partial charge in [0, 0.05) is 6.92 Å². The zero-order valence-electron chi connectivity index (χ0n) is 41.0. The molecule has 0 aliphatic carbocycles. The molecule has 6 aromatic carbocycles. The summed E-state index contributed by atoms with van der Waals surface area (Å²) in [6.07, 6.45) is -11.8. The number of hydrogen-bond donors (Lipinski definition) is 0. The summed E-state index contributed by atoms with van der Waals surface area (Å²) < 4.78 is 75.2. The first-order valence-electron chi connectivity index (χ1n) is 24.4. The molecule has 2 saturated heterocycles. The van der Waals surface area contributed by atoms with Gasteiger partial charge in [-0.25, -0.2) is 0 Å². The number of benzene rings is 6. The zero-order valence-corrected chi connectivity index (χ0v) is 42.7. The molecular formula is C58H65O12PS. The number of carbonyl (C=O) groups is 1. The zero-order chi connectivity index (χ0) is 50.0. The lowest BCUT2D eigenvalue weighted by atomic mass is 9.96. The summed E-state index contributed by atoms with van der Waals surface area (Å²) in [5.74, 6) is -0.485. The van der Waals surface area contributed by atoms with E-state index >= 15 is 0 Å². The van der Waals surface area contributed by atoms with E-state index in [0.717, 1.165) is 33.4 Å². The maximum Gasteiger partial charge on any atom is 0.302 e. The van der Waals surface area contributed by atoms with Gasteiger partial charge in [0.2, 0.25) is 0 Å². The Kier molecular flexibility index (Phi) is 20.3. The lowest BCUT2D eigenvalue weighted by Gasteiger charge is -2.50. The molecule has 0 bridgehead atoms. The van der Waals surface area contributed by atoms with Gasteiger partial charge in [-0.1, -0.05) is 194 Å². The van der Waals surface area contributed by atoms with Gasteiger partial charge in [0.25, 0.3) is 0 Å². The molecule has 12 nitrogen and oxygen atoms in total. The third-order valence-corrected chi connectivity index (χ3v) is 13.1. The smallest absolute Gasteiger partial charge is 0.302 e. The molecule has 0 amide bonds. The van der Waals surface area contributed by atoms with Crippen molar-refractivity contribution in [2.45, 2.75) is 108 Å². The molecule has 0 spiro atoms. The Morgan fingerprint density at radius 2 is 0.750 bits per heavy atom. The second kappa shape index (κ2) is 27.4. The Balaban J connectivity index is 1.20. The summed E-state index contributed by atoms with van der Waals surface area (Å²) in [7, 11) is 0. The van der Waals surface area contributed by atoms with Crippen LogP contribution in [0.15, 0.2) is 182 Å². The van der Waals surface area contributed by atoms with Crippen LogP contribution in [0.5, 0.6) is 0 Å². The van der Waals surface area contributed by atoms with Crippen molar-refractivity contribution in [3.8, 4) is 0 Å². The van der Waals surface area contributed by atoms with E-state index in [2.05, 4.69) is 0 Å². The van der Waals surface area contributed by atoms with Gasteiger partial charge in [0.15, 0.2) is 12.6 Å². The highest BCUT2D eigenvalue weighted by Gasteiger charge is 2.55. The molecule has 2 aliphatic heterocycles. The lowest BCUT2D eigenvalue weighted by molar-refractivity contribution is -0.375. The molecule has 380 valence electrons. The van der Waals surface area contributed by atoms with Gasteiger partial charge in [0.05, 0.1) is 52.5 Å². The van der Waals surface area contributed by atoms with Crippen LogP contribution in [0.4, 0.5) is 0 Å². The molecule has 1 unspecified atom stereocenters. The fraction of sp³-hybridized carbons (Fsp3) is 0.362. The Bertz CT molecular complexity index is 2530. The van der Waals surface area contributed by atoms with Crippen molar-refractivity contribution < 1.29 is 56.7 Å². The molecule has 14 heteroatoms. The van der Waals surface area contributed by atoms with Crippen molar-refractivity contribution in [3.63, 3.8) is 0 Å². The fourth-order valence-corrected chi connectivity index (χ4v) is 9.55. The largest absolute Gasteiger partial charge is 0.463 e. The third-order valence-electron chi connectivity index (χ3n) is 12.1. The van der Waals surface area contributed by atoms with Gasteiger partial charge in [-0.15, -0.1) is 0 Å². The molecule has 72 heavy (non-hydrogen) atoms. The van der Waals surface area contributed by atoms with E-state index in [4.69, 9.17) is 63.7 Å². The van der Waals surface area contributed by atoms with Crippen molar-refractivity contribution in [1.82, 2.24) is 0 Å². The Hall–Kier alpha value is -4.96. The molecule has 0 radical (unpaired) electrons. The standard InChI is InChI=1S/C58H65O12PS/c1-42(59)61-41-50-52(63-36-45-26-14-6-15-27-45)53(64-37-46-28-16-7-17-29-46)55(66-39-48-32-20-9-21-33-48)57(67-50)69-56-54(65-38-47-30-18-8-19-31-47)51(62-35-44-24-12-5-13-25-44)49(68-58(56)70-71(2,3)72)40-60-34-43-22-10-4-11-23-43/h4-33,49-58H,34-41H2,1-3H3/t49-,50-,51-,52-,53+,54+,55+,56+,57-,58?/m1/s1. The van der Waals surface area contributed by atoms with Crippen LogP contribution in [0.2, 0.25) is 0 Å². The SMILES string of the molecule is CC(=O)OC[C@H]1O[C@H](O[C@@H]2C(OP(C)(C)=S)O[C@H](COCc3ccccc3)[C@@H](OCc3ccccc3)[C@@H]2OCc2ccccc2)[C@@H](OCc2ccccc2)[C@@H](OCc2ccccc2)[C@@H]1OCc1ccccc1. The molecule has 6 aromatic rings. The highest BCUT2D eigenvalue weighted by molar-refractivity contribution is 8.11. The number of carbonyl (C=O) groups excluding carboxylic acids is 1. The van der Waals surface area contributed by atoms with E-state index in [0.29, 0.717) is 6.61 Å². The van der Waals surface area contributed by atoms with Crippen molar-refractivity contribution in [2.24, 2.45) is 0 Å². The molecular weight excluding hydrogens is 952 g/mol. The maximum atomic E-state index is 12.6. The summed E-state index contributed by atoms with van der Waals surface area (Å²) in [4.78, 5) is 12.6. The average Bonchev–Trinajstić information content (AvgIpc) is 3.40. The molecule has 0 N–H and O–H groups in total. The van der Waals surface area contributed by atoms with Crippen LogP contribution in [-0.2, 0) is 108 Å². The number of rotatable bonds is 25. The van der Waals surface area contributed by atoms with E-state index in [1.165, 1.54) is 6.92 Å². The van der Waals surface area contributed by atoms with Crippen LogP contribution < -0.4 is 0 Å². The summed E-state index contributed by atoms with van der Waals surface area (Å²) in [6.45, 7) is 6.44. The molecule has 0 saturated carbocycles. The minimum atomic E-state index is -2.50. The van der Waals surface area contributed by atoms with Crippen molar-refractivity contribution in [1.29, 1.82) is 0 Å². The van der Waals surface area contributed by atoms with Crippen LogP contribution in [0.3, 0.4) is 0 Å². The van der Waals surface area contributed by atoms with Crippen LogP contribution in [0.1, 0.15) is 40.3 Å². The fourth-order valence-electron chi connectivity index (χ4n) is 8.63. The Morgan fingerprint density at radius 1 is 0.431 bits per heavy atom. The maximum absolute atomic E-state index is 12.6. The highest BCUT2D eigenvalue weighted by atomic mass is 32.4. The van der Waals surface area contributed by atoms with Crippen molar-refractivity contribution >= 4 is 24.0 Å². The molecule has 2 aliphatic rings. The van der Waals surface area contributed by atoms with Crippen molar-refractivity contribution in [2.75, 3.05) is 26.5 Å². The quantitative estimate of drug-likeness (QED) is 0.0400. The molecule has 10 atom stereocenters. The van der Waals surface area contributed by atoms with Crippen molar-refractivity contribution in [3.05, 3.63) is 215 Å². The topological polar surface area (TPSA) is 119 Å². The summed E-state index contributed by atoms with van der Waals surface area (Å²) in [5.41, 5.74) is 5.67. The summed E-state index contributed by atoms with van der Waals surface area (Å²) >= 11 is 6.03. The van der Waals surface area contributed by atoms with Crippen LogP contribution >= 0.6 is 6.26 Å². The van der Waals surface area contributed by atoms with Crippen LogP contribution in [-0.4, -0.2) is 93.9 Å². The minimum absolute atomic E-state index is 0.130. The van der Waals surface area contributed by atoms with E-state index in [1.54, 1.807) is 0 Å². The molecule has 2 heterocycles. The average molecular weight is 1020 g/mol. The second-order valence-corrected chi connectivity index (χ2v) is 23.5. The van der Waals surface area contributed by atoms with Crippen LogP contribution in [0, 0.1) is 0 Å². The monoisotopic (exact) mass is 1020 g/mol. The van der Waals surface area contributed by atoms with Crippen LogP contribution in [0.25, 0.3) is 0 Å². The van der Waals surface area contributed by atoms with E-state index in [-0.39, 0.29) is 46.2 Å². The van der Waals surface area contributed by atoms with Gasteiger partial charge >= 0.3 is 5.97 Å². The van der Waals surface area contributed by atoms with Gasteiger partial charge in [-0.2, -0.15) is 0 Å². The second-order valence-electron chi connectivity index (χ2n) is 18.2. The predicted molar refractivity (Wildman–Crippen MR) is 277 cm³/mol. The molecule has 8 rings (SSSR count). The Labute approximate surface area is 428 Å². The first kappa shape index (κ1) is 53.3. The minimum Gasteiger partial charge on any atom is -0.463 e. The van der Waals surface area contributed by atoms with Gasteiger partial charge in [0.1, 0.15) is 55.4 Å². The first-order valence-corrected chi connectivity index (χ1v) is 28.0. The number of hydrogen-bond acceptors (Lipinski definition) is 13. The summed E-state index contributed by atoms with van der Waals surface area (Å²) in [5, 5.41) is 0. The lowest BCUT2D eigenvalue weighted by Crippen LogP contribution is -2.66. The molecule has 0 aromatic heterocycles. The first-order chi connectivity index (χ1) is 35.1. The van der Waals surface area contributed by atoms with E-state index in [1.807, 2.05) is 195 Å².